The Morgan fingerprint density at radius 1 is 0.833 bits per heavy atom. The van der Waals surface area contributed by atoms with Crippen LogP contribution in [0.3, 0.4) is 0 Å². The average molecular weight is 453 g/mol. The summed E-state index contributed by atoms with van der Waals surface area (Å²) in [5, 5.41) is -0.0811. The van der Waals surface area contributed by atoms with Gasteiger partial charge in [0.25, 0.3) is 0 Å². The van der Waals surface area contributed by atoms with E-state index in [1.54, 1.807) is 0 Å². The molecule has 30 heavy (non-hydrogen) atoms. The monoisotopic (exact) mass is 453 g/mol. The Kier molecular flexibility index (Phi) is 5.84. The summed E-state index contributed by atoms with van der Waals surface area (Å²) in [5.41, 5.74) is -0.617. The molecule has 1 aromatic heterocycles. The zero-order chi connectivity index (χ0) is 23.1. The van der Waals surface area contributed by atoms with Crippen LogP contribution in [-0.4, -0.2) is 47.2 Å². The molecule has 0 bridgehead atoms. The van der Waals surface area contributed by atoms with E-state index in [1.165, 1.54) is 18.2 Å². The summed E-state index contributed by atoms with van der Waals surface area (Å²) in [7, 11) is 0. The van der Waals surface area contributed by atoms with E-state index in [0.717, 1.165) is 6.07 Å². The van der Waals surface area contributed by atoms with E-state index < -0.39 is 54.6 Å². The van der Waals surface area contributed by atoms with Crippen LogP contribution in [0.15, 0.2) is 30.5 Å². The van der Waals surface area contributed by atoms with E-state index in [4.69, 9.17) is 0 Å². The minimum atomic E-state index is -6.21. The molecule has 14 heteroatoms. The van der Waals surface area contributed by atoms with Gasteiger partial charge in [0.1, 0.15) is 0 Å². The van der Waals surface area contributed by atoms with E-state index in [0.29, 0.717) is 6.20 Å². The molecule has 0 radical (unpaired) electrons. The molecule has 1 aromatic carbocycles. The summed E-state index contributed by atoms with van der Waals surface area (Å²) < 4.78 is 130. The third-order valence-corrected chi connectivity index (χ3v) is 3.85. The maximum Gasteiger partial charge on any atom is 0.465 e. The van der Waals surface area contributed by atoms with Crippen molar-refractivity contribution in [3.05, 3.63) is 36.0 Å². The van der Waals surface area contributed by atoms with Crippen LogP contribution in [0.25, 0.3) is 10.9 Å². The van der Waals surface area contributed by atoms with Gasteiger partial charge in [-0.25, -0.2) is 4.79 Å². The Hall–Kier alpha value is -2.80. The van der Waals surface area contributed by atoms with E-state index in [9.17, 15) is 53.5 Å². The number of rotatable bonds is 5. The first-order chi connectivity index (χ1) is 13.5. The van der Waals surface area contributed by atoms with Crippen molar-refractivity contribution in [3.8, 4) is 0 Å². The van der Waals surface area contributed by atoms with Gasteiger partial charge in [-0.15, -0.1) is 0 Å². The largest absolute Gasteiger partial charge is 0.465 e. The first-order valence-corrected chi connectivity index (χ1v) is 7.72. The molecule has 166 valence electrons. The molecule has 0 saturated heterocycles. The summed E-state index contributed by atoms with van der Waals surface area (Å²) in [6.07, 6.45) is -12.5. The summed E-state index contributed by atoms with van der Waals surface area (Å²) in [6, 6.07) is 4.68. The van der Waals surface area contributed by atoms with Crippen molar-refractivity contribution < 1.29 is 58.2 Å². The van der Waals surface area contributed by atoms with Gasteiger partial charge in [0, 0.05) is 18.0 Å². The van der Waals surface area contributed by atoms with Crippen molar-refractivity contribution in [1.29, 1.82) is 0 Å². The fraction of sp³-hybridized carbons (Fsp3) is 0.375. The SMILES string of the molecule is O=C(OCCc1cn(C(=O)C(F)(F)C(F)(F)F)c2ccccc12)C(F)(F)C(F)(F)F. The van der Waals surface area contributed by atoms with Gasteiger partial charge in [-0.3, -0.25) is 9.36 Å². The van der Waals surface area contributed by atoms with Crippen molar-refractivity contribution in [2.24, 2.45) is 0 Å². The van der Waals surface area contributed by atoms with Gasteiger partial charge in [0.15, 0.2) is 0 Å². The molecule has 0 saturated carbocycles. The van der Waals surface area contributed by atoms with E-state index >= 15 is 0 Å². The fourth-order valence-corrected chi connectivity index (χ4v) is 2.35. The summed E-state index contributed by atoms with van der Waals surface area (Å²) in [6.45, 7) is -1.09. The number of alkyl halides is 10. The molecule has 2 rings (SSSR count). The second-order valence-electron chi connectivity index (χ2n) is 5.88. The highest BCUT2D eigenvalue weighted by Crippen LogP contribution is 2.38. The molecule has 0 aliphatic carbocycles. The first kappa shape index (κ1) is 23.5. The summed E-state index contributed by atoms with van der Waals surface area (Å²) >= 11 is 0. The molecular formula is C16H9F10NO3. The zero-order valence-electron chi connectivity index (χ0n) is 14.3. The molecular weight excluding hydrogens is 444 g/mol. The average Bonchev–Trinajstić information content (AvgIpc) is 2.97. The van der Waals surface area contributed by atoms with Gasteiger partial charge in [0.2, 0.25) is 0 Å². The van der Waals surface area contributed by atoms with E-state index in [2.05, 4.69) is 4.74 Å². The van der Waals surface area contributed by atoms with Gasteiger partial charge >= 0.3 is 36.1 Å². The minimum absolute atomic E-state index is 0.0235. The van der Waals surface area contributed by atoms with Crippen LogP contribution >= 0.6 is 0 Å². The molecule has 0 aliphatic heterocycles. The van der Waals surface area contributed by atoms with Crippen LogP contribution < -0.4 is 0 Å². The van der Waals surface area contributed by atoms with Crippen LogP contribution in [-0.2, 0) is 16.0 Å². The number of fused-ring (bicyclic) bond motifs is 1. The molecule has 2 aromatic rings. The fourth-order valence-electron chi connectivity index (χ4n) is 2.35. The molecule has 0 unspecified atom stereocenters. The van der Waals surface area contributed by atoms with Crippen LogP contribution in [0, 0.1) is 0 Å². The lowest BCUT2D eigenvalue weighted by molar-refractivity contribution is -0.280. The summed E-state index contributed by atoms with van der Waals surface area (Å²) in [5.74, 6) is -17.1. The van der Waals surface area contributed by atoms with Gasteiger partial charge in [-0.2, -0.15) is 43.9 Å². The molecule has 0 spiro atoms. The van der Waals surface area contributed by atoms with Gasteiger partial charge < -0.3 is 4.74 Å². The van der Waals surface area contributed by atoms with Crippen molar-refractivity contribution in [2.45, 2.75) is 30.6 Å². The number of ether oxygens (including phenoxy) is 1. The predicted octanol–water partition coefficient (Wildman–Crippen LogP) is 4.76. The number of carbonyl (C=O) groups excluding carboxylic acids is 2. The lowest BCUT2D eigenvalue weighted by Crippen LogP contribution is -2.46. The van der Waals surface area contributed by atoms with Crippen LogP contribution in [0.5, 0.6) is 0 Å². The number of carbonyl (C=O) groups is 2. The number of halogens is 10. The number of nitrogens with zero attached hydrogens (tertiary/aromatic N) is 1. The first-order valence-electron chi connectivity index (χ1n) is 7.72. The van der Waals surface area contributed by atoms with Crippen molar-refractivity contribution in [2.75, 3.05) is 6.61 Å². The van der Waals surface area contributed by atoms with E-state index in [-0.39, 0.29) is 15.5 Å². The highest BCUT2D eigenvalue weighted by atomic mass is 19.4. The standard InChI is InChI=1S/C16H9F10NO3/c17-13(18,15(21,22)23)11(28)27-7-8(9-3-1-2-4-10(9)27)5-6-30-12(29)14(19,20)16(24,25)26/h1-4,7H,5-6H2. The lowest BCUT2D eigenvalue weighted by atomic mass is 10.1. The predicted molar refractivity (Wildman–Crippen MR) is 79.2 cm³/mol. The molecule has 0 atom stereocenters. The van der Waals surface area contributed by atoms with Crippen molar-refractivity contribution >= 4 is 22.8 Å². The van der Waals surface area contributed by atoms with Crippen molar-refractivity contribution in [3.63, 3.8) is 0 Å². The molecule has 0 aliphatic rings. The smallest absolute Gasteiger partial charge is 0.461 e. The Morgan fingerprint density at radius 3 is 1.90 bits per heavy atom. The Balaban J connectivity index is 2.29. The normalized spacial score (nSPS) is 13.5. The zero-order valence-corrected chi connectivity index (χ0v) is 14.3. The third kappa shape index (κ3) is 4.07. The second kappa shape index (κ2) is 7.47. The molecule has 4 nitrogen and oxygen atoms in total. The number of para-hydroxylation sites is 1. The van der Waals surface area contributed by atoms with Gasteiger partial charge in [-0.05, 0) is 11.6 Å². The maximum absolute atomic E-state index is 13.4. The Morgan fingerprint density at radius 2 is 1.37 bits per heavy atom. The number of aromatic nitrogens is 1. The topological polar surface area (TPSA) is 48.3 Å². The second-order valence-corrected chi connectivity index (χ2v) is 5.88. The highest BCUT2D eigenvalue weighted by molar-refractivity contribution is 5.97. The third-order valence-electron chi connectivity index (χ3n) is 3.85. The molecule has 0 N–H and O–H groups in total. The molecule has 0 fully saturated rings. The minimum Gasteiger partial charge on any atom is -0.461 e. The highest BCUT2D eigenvalue weighted by Gasteiger charge is 2.65. The molecule has 0 amide bonds. The Bertz CT molecular complexity index is 958. The lowest BCUT2D eigenvalue weighted by Gasteiger charge is -2.18. The van der Waals surface area contributed by atoms with Gasteiger partial charge in [0.05, 0.1) is 12.1 Å². The number of hydrogen-bond acceptors (Lipinski definition) is 3. The van der Waals surface area contributed by atoms with Crippen LogP contribution in [0.4, 0.5) is 43.9 Å². The van der Waals surface area contributed by atoms with Gasteiger partial charge in [-0.1, -0.05) is 18.2 Å². The van der Waals surface area contributed by atoms with Crippen LogP contribution in [0.1, 0.15) is 10.4 Å². The van der Waals surface area contributed by atoms with Crippen LogP contribution in [0.2, 0.25) is 0 Å². The number of hydrogen-bond donors (Lipinski definition) is 0. The Labute approximate surface area is 160 Å². The quantitative estimate of drug-likeness (QED) is 0.485. The number of esters is 1. The maximum atomic E-state index is 13.4. The van der Waals surface area contributed by atoms with E-state index in [1.807, 2.05) is 0 Å². The summed E-state index contributed by atoms with van der Waals surface area (Å²) in [4.78, 5) is 22.7. The number of benzene rings is 1. The van der Waals surface area contributed by atoms with Crippen molar-refractivity contribution in [1.82, 2.24) is 4.57 Å². The molecule has 1 heterocycles.